The molecule has 174 valence electrons. The van der Waals surface area contributed by atoms with Crippen molar-refractivity contribution in [2.45, 2.75) is 70.3 Å². The van der Waals surface area contributed by atoms with Crippen LogP contribution >= 0.6 is 0 Å². The van der Waals surface area contributed by atoms with E-state index < -0.39 is 12.3 Å². The van der Waals surface area contributed by atoms with Crippen molar-refractivity contribution in [3.8, 4) is 0 Å². The van der Waals surface area contributed by atoms with Crippen molar-refractivity contribution in [1.82, 2.24) is 15.4 Å². The molecule has 1 aliphatic carbocycles. The SMILES string of the molecule is CCCC(OC1CCCCC1)C(=O)NN1C=COC1c1ccc(C(=O)c2cccnc2)cc1. The molecular formula is C26H31N3O4. The number of ether oxygens (including phenoxy) is 2. The lowest BCUT2D eigenvalue weighted by atomic mass is 9.97. The van der Waals surface area contributed by atoms with Gasteiger partial charge in [0.15, 0.2) is 5.78 Å². The molecule has 7 heteroatoms. The Labute approximate surface area is 194 Å². The molecule has 1 saturated carbocycles. The Balaban J connectivity index is 1.39. The molecule has 1 N–H and O–H groups in total. The van der Waals surface area contributed by atoms with Crippen LogP contribution in [-0.2, 0) is 14.3 Å². The highest BCUT2D eigenvalue weighted by Crippen LogP contribution is 2.27. The van der Waals surface area contributed by atoms with E-state index in [9.17, 15) is 9.59 Å². The summed E-state index contributed by atoms with van der Waals surface area (Å²) >= 11 is 0. The minimum absolute atomic E-state index is 0.0902. The number of amides is 1. The van der Waals surface area contributed by atoms with E-state index in [4.69, 9.17) is 9.47 Å². The van der Waals surface area contributed by atoms with Crippen LogP contribution in [0.15, 0.2) is 61.3 Å². The quantitative estimate of drug-likeness (QED) is 0.561. The number of carbonyl (C=O) groups excluding carboxylic acids is 2. The maximum Gasteiger partial charge on any atom is 0.267 e. The van der Waals surface area contributed by atoms with Crippen LogP contribution < -0.4 is 5.43 Å². The van der Waals surface area contributed by atoms with Crippen molar-refractivity contribution in [2.24, 2.45) is 0 Å². The lowest BCUT2D eigenvalue weighted by Gasteiger charge is -2.30. The summed E-state index contributed by atoms with van der Waals surface area (Å²) in [6.07, 6.45) is 12.8. The molecule has 0 saturated heterocycles. The van der Waals surface area contributed by atoms with Gasteiger partial charge in [-0.25, -0.2) is 5.01 Å². The Kier molecular flexibility index (Phi) is 7.73. The third kappa shape index (κ3) is 5.79. The lowest BCUT2D eigenvalue weighted by Crippen LogP contribution is -2.46. The average molecular weight is 450 g/mol. The third-order valence-electron chi connectivity index (χ3n) is 6.05. The topological polar surface area (TPSA) is 80.8 Å². The van der Waals surface area contributed by atoms with Crippen LogP contribution in [0.3, 0.4) is 0 Å². The van der Waals surface area contributed by atoms with E-state index in [1.165, 1.54) is 6.42 Å². The summed E-state index contributed by atoms with van der Waals surface area (Å²) in [7, 11) is 0. The van der Waals surface area contributed by atoms with Gasteiger partial charge in [-0.1, -0.05) is 56.9 Å². The van der Waals surface area contributed by atoms with Crippen molar-refractivity contribution in [2.75, 3.05) is 0 Å². The minimum Gasteiger partial charge on any atom is -0.471 e. The number of ketones is 1. The fourth-order valence-electron chi connectivity index (χ4n) is 4.27. The van der Waals surface area contributed by atoms with Gasteiger partial charge in [0.05, 0.1) is 12.3 Å². The van der Waals surface area contributed by atoms with E-state index in [1.807, 2.05) is 12.1 Å². The van der Waals surface area contributed by atoms with E-state index in [2.05, 4.69) is 17.3 Å². The van der Waals surface area contributed by atoms with Gasteiger partial charge in [-0.2, -0.15) is 0 Å². The number of benzene rings is 1. The van der Waals surface area contributed by atoms with Crippen LogP contribution in [0, 0.1) is 0 Å². The maximum atomic E-state index is 13.0. The zero-order valence-electron chi connectivity index (χ0n) is 19.0. The normalized spacial score (nSPS) is 19.2. The van der Waals surface area contributed by atoms with Gasteiger partial charge in [0.25, 0.3) is 5.91 Å². The third-order valence-corrected chi connectivity index (χ3v) is 6.05. The largest absolute Gasteiger partial charge is 0.471 e. The highest BCUT2D eigenvalue weighted by atomic mass is 16.5. The number of carbonyl (C=O) groups is 2. The molecule has 2 aromatic rings. The molecule has 2 heterocycles. The van der Waals surface area contributed by atoms with Crippen molar-refractivity contribution in [3.05, 3.63) is 77.9 Å². The summed E-state index contributed by atoms with van der Waals surface area (Å²) in [5, 5.41) is 1.65. The fraction of sp³-hybridized carbons (Fsp3) is 0.423. The van der Waals surface area contributed by atoms with Crippen LogP contribution in [0.5, 0.6) is 0 Å². The number of pyridine rings is 1. The van der Waals surface area contributed by atoms with E-state index in [1.54, 1.807) is 54.1 Å². The number of hydrazine groups is 1. The van der Waals surface area contributed by atoms with Gasteiger partial charge in [-0.3, -0.25) is 20.0 Å². The number of hydrogen-bond donors (Lipinski definition) is 1. The van der Waals surface area contributed by atoms with Crippen LogP contribution in [-0.4, -0.2) is 33.9 Å². The van der Waals surface area contributed by atoms with Gasteiger partial charge < -0.3 is 9.47 Å². The molecule has 2 atom stereocenters. The first-order valence-corrected chi connectivity index (χ1v) is 11.8. The van der Waals surface area contributed by atoms with Crippen molar-refractivity contribution < 1.29 is 19.1 Å². The molecule has 1 amide bonds. The smallest absolute Gasteiger partial charge is 0.267 e. The van der Waals surface area contributed by atoms with Crippen LogP contribution in [0.1, 0.15) is 79.6 Å². The molecule has 2 aliphatic rings. The van der Waals surface area contributed by atoms with Crippen LogP contribution in [0.25, 0.3) is 0 Å². The Morgan fingerprint density at radius 2 is 1.94 bits per heavy atom. The number of nitrogens with zero attached hydrogens (tertiary/aromatic N) is 2. The summed E-state index contributed by atoms with van der Waals surface area (Å²) in [6.45, 7) is 2.06. The highest BCUT2D eigenvalue weighted by molar-refractivity contribution is 6.08. The molecule has 0 radical (unpaired) electrons. The van der Waals surface area contributed by atoms with E-state index in [-0.39, 0.29) is 17.8 Å². The second-order valence-corrected chi connectivity index (χ2v) is 8.52. The van der Waals surface area contributed by atoms with Gasteiger partial charge in [0.1, 0.15) is 12.4 Å². The number of nitrogens with one attached hydrogen (secondary N) is 1. The summed E-state index contributed by atoms with van der Waals surface area (Å²) in [5.74, 6) is -0.251. The molecule has 2 unspecified atom stereocenters. The summed E-state index contributed by atoms with van der Waals surface area (Å²) in [6, 6.07) is 10.7. The first-order valence-electron chi connectivity index (χ1n) is 11.8. The van der Waals surface area contributed by atoms with Crippen LogP contribution in [0.4, 0.5) is 0 Å². The zero-order valence-corrected chi connectivity index (χ0v) is 19.0. The molecule has 1 aromatic carbocycles. The molecule has 1 fully saturated rings. The Morgan fingerprint density at radius 1 is 1.15 bits per heavy atom. The number of hydrogen-bond acceptors (Lipinski definition) is 6. The molecule has 1 aliphatic heterocycles. The molecule has 4 rings (SSSR count). The van der Waals surface area contributed by atoms with Crippen molar-refractivity contribution in [1.29, 1.82) is 0 Å². The first-order chi connectivity index (χ1) is 16.2. The molecule has 7 nitrogen and oxygen atoms in total. The maximum absolute atomic E-state index is 13.0. The van der Waals surface area contributed by atoms with E-state index in [0.717, 1.165) is 37.7 Å². The Bertz CT molecular complexity index is 955. The molecule has 0 spiro atoms. The van der Waals surface area contributed by atoms with Gasteiger partial charge in [-0.15, -0.1) is 0 Å². The predicted molar refractivity (Wildman–Crippen MR) is 124 cm³/mol. The molecular weight excluding hydrogens is 418 g/mol. The lowest BCUT2D eigenvalue weighted by molar-refractivity contribution is -0.145. The van der Waals surface area contributed by atoms with Gasteiger partial charge in [0, 0.05) is 29.1 Å². The van der Waals surface area contributed by atoms with E-state index in [0.29, 0.717) is 17.5 Å². The highest BCUT2D eigenvalue weighted by Gasteiger charge is 2.29. The first kappa shape index (κ1) is 23.0. The summed E-state index contributed by atoms with van der Waals surface area (Å²) in [4.78, 5) is 29.7. The Morgan fingerprint density at radius 3 is 2.64 bits per heavy atom. The fourth-order valence-corrected chi connectivity index (χ4v) is 4.27. The van der Waals surface area contributed by atoms with Crippen molar-refractivity contribution >= 4 is 11.7 Å². The van der Waals surface area contributed by atoms with Gasteiger partial charge in [-0.05, 0) is 31.4 Å². The van der Waals surface area contributed by atoms with Crippen LogP contribution in [0.2, 0.25) is 0 Å². The second-order valence-electron chi connectivity index (χ2n) is 8.52. The number of aromatic nitrogens is 1. The molecule has 1 aromatic heterocycles. The standard InChI is InChI=1S/C26H31N3O4/c1-2-7-23(33-22-9-4-3-5-10-22)25(31)28-29-16-17-32-26(29)20-13-11-19(12-14-20)24(30)21-8-6-15-27-18-21/h6,8,11-18,22-23,26H,2-5,7,9-10H2,1H3,(H,28,31). The minimum atomic E-state index is -0.506. The zero-order chi connectivity index (χ0) is 23.0. The molecule has 0 bridgehead atoms. The summed E-state index contributed by atoms with van der Waals surface area (Å²) < 4.78 is 11.9. The summed E-state index contributed by atoms with van der Waals surface area (Å²) in [5.41, 5.74) is 4.88. The molecule has 33 heavy (non-hydrogen) atoms. The number of rotatable bonds is 9. The predicted octanol–water partition coefficient (Wildman–Crippen LogP) is 4.66. The Hall–Kier alpha value is -3.19. The average Bonchev–Trinajstić information content (AvgIpc) is 3.32. The monoisotopic (exact) mass is 449 g/mol. The second kappa shape index (κ2) is 11.1. The van der Waals surface area contributed by atoms with Gasteiger partial charge in [0.2, 0.25) is 6.23 Å². The van der Waals surface area contributed by atoms with Crippen molar-refractivity contribution in [3.63, 3.8) is 0 Å². The van der Waals surface area contributed by atoms with Gasteiger partial charge >= 0.3 is 0 Å². The van der Waals surface area contributed by atoms with E-state index >= 15 is 0 Å².